The highest BCUT2D eigenvalue weighted by atomic mass is 16.6. The SMILES string of the molecule is CC(C)(C)Oc1ccc(O)c([C@H]2COC(=O)N2)c1. The van der Waals surface area contributed by atoms with Crippen molar-refractivity contribution in [3.63, 3.8) is 0 Å². The fourth-order valence-electron chi connectivity index (χ4n) is 1.78. The van der Waals surface area contributed by atoms with Crippen LogP contribution in [0.2, 0.25) is 0 Å². The lowest BCUT2D eigenvalue weighted by Crippen LogP contribution is -2.23. The van der Waals surface area contributed by atoms with Crippen molar-refractivity contribution < 1.29 is 19.4 Å². The number of hydrogen-bond donors (Lipinski definition) is 2. The fourth-order valence-corrected chi connectivity index (χ4v) is 1.78. The first-order valence-electron chi connectivity index (χ1n) is 5.80. The Morgan fingerprint density at radius 2 is 2.17 bits per heavy atom. The molecule has 98 valence electrons. The van der Waals surface area contributed by atoms with Gasteiger partial charge in [-0.3, -0.25) is 0 Å². The lowest BCUT2D eigenvalue weighted by Gasteiger charge is -2.22. The Kier molecular flexibility index (Phi) is 3.07. The second-order valence-electron chi connectivity index (χ2n) is 5.23. The predicted molar refractivity (Wildman–Crippen MR) is 65.7 cm³/mol. The summed E-state index contributed by atoms with van der Waals surface area (Å²) in [5.41, 5.74) is 0.284. The van der Waals surface area contributed by atoms with Crippen LogP contribution in [0, 0.1) is 0 Å². The monoisotopic (exact) mass is 251 g/mol. The van der Waals surface area contributed by atoms with Crippen LogP contribution in [0.25, 0.3) is 0 Å². The Balaban J connectivity index is 2.24. The van der Waals surface area contributed by atoms with Gasteiger partial charge < -0.3 is 19.9 Å². The molecule has 1 fully saturated rings. The first kappa shape index (κ1) is 12.5. The van der Waals surface area contributed by atoms with Gasteiger partial charge >= 0.3 is 6.09 Å². The normalized spacial score (nSPS) is 19.3. The molecule has 0 aliphatic carbocycles. The third kappa shape index (κ3) is 2.85. The van der Waals surface area contributed by atoms with Crippen molar-refractivity contribution in [1.29, 1.82) is 0 Å². The van der Waals surface area contributed by atoms with E-state index in [9.17, 15) is 9.90 Å². The largest absolute Gasteiger partial charge is 0.508 e. The second kappa shape index (κ2) is 4.40. The summed E-state index contributed by atoms with van der Waals surface area (Å²) >= 11 is 0. The van der Waals surface area contributed by atoms with Gasteiger partial charge in [0.05, 0.1) is 6.04 Å². The molecule has 0 spiro atoms. The van der Waals surface area contributed by atoms with E-state index in [0.29, 0.717) is 11.3 Å². The molecule has 5 nitrogen and oxygen atoms in total. The number of aromatic hydroxyl groups is 1. The summed E-state index contributed by atoms with van der Waals surface area (Å²) in [7, 11) is 0. The molecule has 2 N–H and O–H groups in total. The molecule has 1 heterocycles. The van der Waals surface area contributed by atoms with Crippen LogP contribution in [0.1, 0.15) is 32.4 Å². The lowest BCUT2D eigenvalue weighted by atomic mass is 10.1. The standard InChI is InChI=1S/C13H17NO4/c1-13(2,3)18-8-4-5-11(15)9(6-8)10-7-17-12(16)14-10/h4-6,10,15H,7H2,1-3H3,(H,14,16)/t10-/m1/s1. The van der Waals surface area contributed by atoms with E-state index in [1.54, 1.807) is 18.2 Å². The number of carbonyl (C=O) groups is 1. The van der Waals surface area contributed by atoms with Crippen LogP contribution in [0.5, 0.6) is 11.5 Å². The highest BCUT2D eigenvalue weighted by Gasteiger charge is 2.26. The number of rotatable bonds is 2. The maximum atomic E-state index is 11.0. The summed E-state index contributed by atoms with van der Waals surface area (Å²) in [5, 5.41) is 12.4. The average molecular weight is 251 g/mol. The van der Waals surface area contributed by atoms with Crippen molar-refractivity contribution in [1.82, 2.24) is 5.32 Å². The summed E-state index contributed by atoms with van der Waals surface area (Å²) in [6.07, 6.45) is -0.471. The molecule has 0 unspecified atom stereocenters. The second-order valence-corrected chi connectivity index (χ2v) is 5.23. The minimum Gasteiger partial charge on any atom is -0.508 e. The Bertz CT molecular complexity index is 465. The Labute approximate surface area is 106 Å². The van der Waals surface area contributed by atoms with Crippen molar-refractivity contribution in [3.8, 4) is 11.5 Å². The number of phenols is 1. The van der Waals surface area contributed by atoms with E-state index in [1.165, 1.54) is 0 Å². The molecule has 18 heavy (non-hydrogen) atoms. The molecule has 1 aliphatic rings. The number of alkyl carbamates (subject to hydrolysis) is 1. The van der Waals surface area contributed by atoms with Crippen molar-refractivity contribution in [2.75, 3.05) is 6.61 Å². The summed E-state index contributed by atoms with van der Waals surface area (Å²) < 4.78 is 10.5. The lowest BCUT2D eigenvalue weighted by molar-refractivity contribution is 0.130. The highest BCUT2D eigenvalue weighted by Crippen LogP contribution is 2.31. The molecule has 2 rings (SSSR count). The summed E-state index contributed by atoms with van der Waals surface area (Å²) in [6.45, 7) is 6.05. The number of hydrogen-bond acceptors (Lipinski definition) is 4. The van der Waals surface area contributed by atoms with E-state index in [1.807, 2.05) is 20.8 Å². The van der Waals surface area contributed by atoms with Gasteiger partial charge in [0.25, 0.3) is 0 Å². The first-order valence-corrected chi connectivity index (χ1v) is 5.80. The Hall–Kier alpha value is -1.91. The zero-order chi connectivity index (χ0) is 13.3. The van der Waals surface area contributed by atoms with Gasteiger partial charge in [-0.05, 0) is 39.0 Å². The van der Waals surface area contributed by atoms with Crippen LogP contribution in [0.15, 0.2) is 18.2 Å². The van der Waals surface area contributed by atoms with Crippen LogP contribution in [-0.2, 0) is 4.74 Å². The van der Waals surface area contributed by atoms with Crippen LogP contribution >= 0.6 is 0 Å². The van der Waals surface area contributed by atoms with E-state index in [2.05, 4.69) is 5.32 Å². The number of phenolic OH excluding ortho intramolecular Hbond substituents is 1. The topological polar surface area (TPSA) is 67.8 Å². The molecule has 0 radical (unpaired) electrons. The fraction of sp³-hybridized carbons (Fsp3) is 0.462. The van der Waals surface area contributed by atoms with Crippen molar-refractivity contribution in [2.24, 2.45) is 0 Å². The van der Waals surface area contributed by atoms with Crippen molar-refractivity contribution in [2.45, 2.75) is 32.4 Å². The van der Waals surface area contributed by atoms with Gasteiger partial charge in [0.1, 0.15) is 23.7 Å². The molecule has 1 atom stereocenters. The molecule has 5 heteroatoms. The minimum atomic E-state index is -0.471. The Morgan fingerprint density at radius 1 is 1.44 bits per heavy atom. The number of carbonyl (C=O) groups excluding carboxylic acids is 1. The van der Waals surface area contributed by atoms with Gasteiger partial charge in [-0.2, -0.15) is 0 Å². The zero-order valence-electron chi connectivity index (χ0n) is 10.7. The zero-order valence-corrected chi connectivity index (χ0v) is 10.7. The summed E-state index contributed by atoms with van der Waals surface area (Å²) in [4.78, 5) is 11.0. The van der Waals surface area contributed by atoms with E-state index < -0.39 is 6.09 Å². The Morgan fingerprint density at radius 3 is 2.72 bits per heavy atom. The van der Waals surface area contributed by atoms with Gasteiger partial charge in [0.2, 0.25) is 0 Å². The quantitative estimate of drug-likeness (QED) is 0.846. The van der Waals surface area contributed by atoms with E-state index in [-0.39, 0.29) is 24.0 Å². The van der Waals surface area contributed by atoms with Gasteiger partial charge in [0, 0.05) is 5.56 Å². The highest BCUT2D eigenvalue weighted by molar-refractivity contribution is 5.70. The van der Waals surface area contributed by atoms with Crippen molar-refractivity contribution >= 4 is 6.09 Å². The molecule has 1 aromatic rings. The average Bonchev–Trinajstić information content (AvgIpc) is 2.66. The maximum Gasteiger partial charge on any atom is 0.407 e. The third-order valence-electron chi connectivity index (χ3n) is 2.47. The predicted octanol–water partition coefficient (Wildman–Crippen LogP) is 2.35. The molecular formula is C13H17NO4. The number of ether oxygens (including phenoxy) is 2. The summed E-state index contributed by atoms with van der Waals surface area (Å²) in [5.74, 6) is 0.767. The molecule has 1 amide bonds. The molecule has 0 aromatic heterocycles. The molecule has 1 aliphatic heterocycles. The number of cyclic esters (lactones) is 1. The molecule has 0 bridgehead atoms. The minimum absolute atomic E-state index is 0.118. The van der Waals surface area contributed by atoms with Crippen LogP contribution in [0.3, 0.4) is 0 Å². The smallest absolute Gasteiger partial charge is 0.407 e. The molecule has 1 saturated heterocycles. The molecule has 1 aromatic carbocycles. The number of benzene rings is 1. The van der Waals surface area contributed by atoms with Gasteiger partial charge in [0.15, 0.2) is 0 Å². The van der Waals surface area contributed by atoms with Gasteiger partial charge in [-0.1, -0.05) is 0 Å². The summed E-state index contributed by atoms with van der Waals surface area (Å²) in [6, 6.07) is 4.64. The van der Waals surface area contributed by atoms with E-state index in [0.717, 1.165) is 0 Å². The number of nitrogens with one attached hydrogen (secondary N) is 1. The van der Waals surface area contributed by atoms with Crippen LogP contribution < -0.4 is 10.1 Å². The van der Waals surface area contributed by atoms with Crippen molar-refractivity contribution in [3.05, 3.63) is 23.8 Å². The molecular weight excluding hydrogens is 234 g/mol. The first-order chi connectivity index (χ1) is 8.35. The van der Waals surface area contributed by atoms with Crippen LogP contribution in [0.4, 0.5) is 4.79 Å². The third-order valence-corrected chi connectivity index (χ3v) is 2.47. The van der Waals surface area contributed by atoms with E-state index >= 15 is 0 Å². The van der Waals surface area contributed by atoms with Gasteiger partial charge in [-0.15, -0.1) is 0 Å². The maximum absolute atomic E-state index is 11.0. The number of amides is 1. The van der Waals surface area contributed by atoms with Gasteiger partial charge in [-0.25, -0.2) is 4.79 Å². The van der Waals surface area contributed by atoms with E-state index in [4.69, 9.17) is 9.47 Å². The van der Waals surface area contributed by atoms with Crippen LogP contribution in [-0.4, -0.2) is 23.4 Å². The molecule has 0 saturated carbocycles.